The van der Waals surface area contributed by atoms with Crippen LogP contribution in [0.1, 0.15) is 6.42 Å². The summed E-state index contributed by atoms with van der Waals surface area (Å²) in [6.45, 7) is -0.898. The lowest BCUT2D eigenvalue weighted by molar-refractivity contribution is -0.177. The Morgan fingerprint density at radius 2 is 2.11 bits per heavy atom. The van der Waals surface area contributed by atoms with Gasteiger partial charge >= 0.3 is 6.18 Å². The van der Waals surface area contributed by atoms with E-state index in [1.165, 1.54) is 0 Å². The van der Waals surface area contributed by atoms with Crippen LogP contribution in [0.3, 0.4) is 0 Å². The van der Waals surface area contributed by atoms with Crippen LogP contribution >= 0.6 is 0 Å². The molecule has 1 aliphatic rings. The van der Waals surface area contributed by atoms with Crippen LogP contribution in [0, 0.1) is 11.8 Å². The van der Waals surface area contributed by atoms with E-state index >= 15 is 0 Å². The zero-order chi connectivity index (χ0) is 13.8. The summed E-state index contributed by atoms with van der Waals surface area (Å²) >= 11 is 0. The van der Waals surface area contributed by atoms with Gasteiger partial charge in [-0.15, -0.1) is 0 Å². The third-order valence-corrected chi connectivity index (χ3v) is 4.79. The fourth-order valence-corrected chi connectivity index (χ4v) is 4.07. The van der Waals surface area contributed by atoms with Gasteiger partial charge in [0.25, 0.3) is 0 Å². The molecular weight excluding hydrogens is 271 g/mol. The number of nitrogens with one attached hydrogen (secondary N) is 1. The molecule has 0 amide bonds. The minimum atomic E-state index is -4.34. The van der Waals surface area contributed by atoms with Crippen LogP contribution < -0.4 is 5.32 Å². The Bertz CT molecular complexity index is 356. The van der Waals surface area contributed by atoms with Crippen molar-refractivity contribution in [3.8, 4) is 0 Å². The third-order valence-electron chi connectivity index (χ3n) is 3.00. The number of hydrogen-bond donors (Lipinski definition) is 1. The second-order valence-corrected chi connectivity index (χ2v) is 6.84. The van der Waals surface area contributed by atoms with Gasteiger partial charge in [0.2, 0.25) is 0 Å². The molecule has 0 spiro atoms. The summed E-state index contributed by atoms with van der Waals surface area (Å²) in [6, 6.07) is 0. The molecule has 1 saturated heterocycles. The number of sulfone groups is 1. The van der Waals surface area contributed by atoms with E-state index in [1.54, 1.807) is 7.05 Å². The average Bonchev–Trinajstić information content (AvgIpc) is 2.56. The first-order valence-electron chi connectivity index (χ1n) is 5.73. The summed E-state index contributed by atoms with van der Waals surface area (Å²) in [5.74, 6) is -0.142. The van der Waals surface area contributed by atoms with Crippen LogP contribution in [0.4, 0.5) is 13.2 Å². The highest BCUT2D eigenvalue weighted by atomic mass is 32.2. The van der Waals surface area contributed by atoms with Gasteiger partial charge < -0.3 is 10.1 Å². The number of hydrogen-bond acceptors (Lipinski definition) is 4. The third kappa shape index (κ3) is 5.53. The van der Waals surface area contributed by atoms with Gasteiger partial charge in [0.15, 0.2) is 9.84 Å². The van der Waals surface area contributed by atoms with E-state index < -0.39 is 22.6 Å². The molecule has 1 rings (SSSR count). The van der Waals surface area contributed by atoms with Gasteiger partial charge in [-0.3, -0.25) is 0 Å². The Morgan fingerprint density at radius 3 is 2.56 bits per heavy atom. The van der Waals surface area contributed by atoms with Gasteiger partial charge in [0.1, 0.15) is 6.61 Å². The van der Waals surface area contributed by atoms with E-state index in [-0.39, 0.29) is 29.9 Å². The molecule has 0 aromatic heterocycles. The molecule has 0 aromatic carbocycles. The quantitative estimate of drug-likeness (QED) is 0.787. The number of ether oxygens (including phenoxy) is 1. The Labute approximate surface area is 105 Å². The van der Waals surface area contributed by atoms with Crippen LogP contribution in [0.15, 0.2) is 0 Å². The van der Waals surface area contributed by atoms with Crippen molar-refractivity contribution in [2.24, 2.45) is 11.8 Å². The number of alkyl halides is 3. The van der Waals surface area contributed by atoms with Crippen LogP contribution in [-0.4, -0.2) is 52.9 Å². The molecule has 0 aliphatic carbocycles. The Balaban J connectivity index is 2.45. The molecule has 0 bridgehead atoms. The second-order valence-electron chi connectivity index (χ2n) is 4.61. The zero-order valence-electron chi connectivity index (χ0n) is 10.2. The van der Waals surface area contributed by atoms with Gasteiger partial charge in [-0.2, -0.15) is 13.2 Å². The summed E-state index contributed by atoms with van der Waals surface area (Å²) in [5.41, 5.74) is 0. The molecule has 2 unspecified atom stereocenters. The Hall–Kier alpha value is -0.340. The molecule has 0 aromatic rings. The highest BCUT2D eigenvalue weighted by Crippen LogP contribution is 2.26. The molecule has 1 aliphatic heterocycles. The van der Waals surface area contributed by atoms with E-state index in [0.717, 1.165) is 0 Å². The lowest BCUT2D eigenvalue weighted by Crippen LogP contribution is -2.32. The van der Waals surface area contributed by atoms with Crippen LogP contribution in [0.5, 0.6) is 0 Å². The van der Waals surface area contributed by atoms with Crippen molar-refractivity contribution in [1.29, 1.82) is 0 Å². The zero-order valence-corrected chi connectivity index (χ0v) is 11.0. The first kappa shape index (κ1) is 15.7. The molecule has 4 nitrogen and oxygen atoms in total. The van der Waals surface area contributed by atoms with E-state index in [1.807, 2.05) is 0 Å². The van der Waals surface area contributed by atoms with E-state index in [0.29, 0.717) is 13.0 Å². The first-order chi connectivity index (χ1) is 8.23. The highest BCUT2D eigenvalue weighted by Gasteiger charge is 2.34. The normalized spacial score (nSPS) is 25.2. The van der Waals surface area contributed by atoms with E-state index in [9.17, 15) is 21.6 Å². The summed E-state index contributed by atoms with van der Waals surface area (Å²) < 4.78 is 63.2. The fraction of sp³-hybridized carbons (Fsp3) is 1.00. The number of rotatable bonds is 6. The van der Waals surface area contributed by atoms with E-state index in [2.05, 4.69) is 10.1 Å². The lowest BCUT2D eigenvalue weighted by Gasteiger charge is -2.22. The summed E-state index contributed by atoms with van der Waals surface area (Å²) in [4.78, 5) is 0. The largest absolute Gasteiger partial charge is 0.411 e. The average molecular weight is 289 g/mol. The van der Waals surface area contributed by atoms with Crippen molar-refractivity contribution in [3.05, 3.63) is 0 Å². The van der Waals surface area contributed by atoms with Gasteiger partial charge in [0.05, 0.1) is 18.1 Å². The topological polar surface area (TPSA) is 55.4 Å². The molecule has 0 saturated carbocycles. The van der Waals surface area contributed by atoms with Gasteiger partial charge in [-0.25, -0.2) is 8.42 Å². The first-order valence-corrected chi connectivity index (χ1v) is 7.55. The molecule has 8 heteroatoms. The van der Waals surface area contributed by atoms with Crippen LogP contribution in [0.2, 0.25) is 0 Å². The lowest BCUT2D eigenvalue weighted by atomic mass is 9.92. The maximum atomic E-state index is 12.0. The molecule has 1 heterocycles. The Morgan fingerprint density at radius 1 is 1.44 bits per heavy atom. The monoisotopic (exact) mass is 289 g/mol. The molecule has 1 N–H and O–H groups in total. The van der Waals surface area contributed by atoms with Gasteiger partial charge in [-0.05, 0) is 25.3 Å². The van der Waals surface area contributed by atoms with E-state index in [4.69, 9.17) is 0 Å². The maximum Gasteiger partial charge on any atom is 0.411 e. The molecule has 0 radical (unpaired) electrons. The standard InChI is InChI=1S/C10H18F3NO3S/c1-14-4-9(5-17-7-10(11,12)13)8-2-3-18(15,16)6-8/h8-9,14H,2-7H2,1H3. The van der Waals surface area contributed by atoms with Crippen molar-refractivity contribution in [3.63, 3.8) is 0 Å². The summed E-state index contributed by atoms with van der Waals surface area (Å²) in [7, 11) is -1.34. The second kappa shape index (κ2) is 6.21. The van der Waals surface area contributed by atoms with Crippen LogP contribution in [-0.2, 0) is 14.6 Å². The molecule has 1 fully saturated rings. The van der Waals surface area contributed by atoms with Crippen LogP contribution in [0.25, 0.3) is 0 Å². The predicted molar refractivity (Wildman–Crippen MR) is 61.1 cm³/mol. The van der Waals surface area contributed by atoms with Crippen molar-refractivity contribution >= 4 is 9.84 Å². The maximum absolute atomic E-state index is 12.0. The number of halogens is 3. The summed E-state index contributed by atoms with van der Waals surface area (Å²) in [6.07, 6.45) is -3.84. The van der Waals surface area contributed by atoms with Crippen molar-refractivity contribution in [1.82, 2.24) is 5.32 Å². The fourth-order valence-electron chi connectivity index (χ4n) is 2.15. The van der Waals surface area contributed by atoms with Gasteiger partial charge in [0, 0.05) is 6.54 Å². The Kier molecular flexibility index (Phi) is 5.42. The molecule has 108 valence electrons. The highest BCUT2D eigenvalue weighted by molar-refractivity contribution is 7.91. The van der Waals surface area contributed by atoms with Crippen molar-refractivity contribution in [2.45, 2.75) is 12.6 Å². The molecule has 2 atom stereocenters. The molecular formula is C10H18F3NO3S. The minimum absolute atomic E-state index is 0.0503. The van der Waals surface area contributed by atoms with Crippen molar-refractivity contribution < 1.29 is 26.3 Å². The predicted octanol–water partition coefficient (Wildman–Crippen LogP) is 0.836. The molecule has 18 heavy (non-hydrogen) atoms. The smallest absolute Gasteiger partial charge is 0.372 e. The SMILES string of the molecule is CNCC(COCC(F)(F)F)C1CCS(=O)(=O)C1. The summed E-state index contributed by atoms with van der Waals surface area (Å²) in [5, 5.41) is 2.86. The van der Waals surface area contributed by atoms with Crippen molar-refractivity contribution in [2.75, 3.05) is 38.3 Å². The minimum Gasteiger partial charge on any atom is -0.372 e. The van der Waals surface area contributed by atoms with Gasteiger partial charge in [-0.1, -0.05) is 0 Å².